The van der Waals surface area contributed by atoms with Crippen molar-refractivity contribution in [2.45, 2.75) is 5.75 Å². The minimum Gasteiger partial charge on any atom is -0.492 e. The maximum absolute atomic E-state index is 11.5. The van der Waals surface area contributed by atoms with Crippen LogP contribution in [0, 0.1) is 0 Å². The topological polar surface area (TPSA) is 77.5 Å². The van der Waals surface area contributed by atoms with Crippen LogP contribution in [0.5, 0.6) is 5.75 Å². The first kappa shape index (κ1) is 14.5. The lowest BCUT2D eigenvalue weighted by atomic mass is 10.2. The van der Waals surface area contributed by atoms with Crippen molar-refractivity contribution in [1.82, 2.24) is 5.43 Å². The number of nitrogen functional groups attached to an aromatic ring is 1. The summed E-state index contributed by atoms with van der Waals surface area (Å²) in [6.45, 7) is 0.514. The Labute approximate surface area is 121 Å². The van der Waals surface area contributed by atoms with Crippen molar-refractivity contribution in [3.63, 3.8) is 0 Å². The van der Waals surface area contributed by atoms with Crippen LogP contribution in [-0.4, -0.2) is 18.3 Å². The summed E-state index contributed by atoms with van der Waals surface area (Å²) in [6.07, 6.45) is 1.66. The molecule has 0 aliphatic rings. The van der Waals surface area contributed by atoms with Gasteiger partial charge in [0, 0.05) is 5.75 Å². The van der Waals surface area contributed by atoms with Gasteiger partial charge in [-0.3, -0.25) is 10.2 Å². The summed E-state index contributed by atoms with van der Waals surface area (Å²) >= 11 is 1.71. The minimum absolute atomic E-state index is 0.358. The highest BCUT2D eigenvalue weighted by molar-refractivity contribution is 7.98. The zero-order valence-electron chi connectivity index (χ0n) is 10.9. The Hall–Kier alpha value is -1.92. The number of benzene rings is 1. The molecule has 1 aromatic heterocycles. The van der Waals surface area contributed by atoms with Crippen molar-refractivity contribution >= 4 is 17.7 Å². The van der Waals surface area contributed by atoms with E-state index in [0.29, 0.717) is 17.9 Å². The van der Waals surface area contributed by atoms with E-state index in [0.717, 1.165) is 17.3 Å². The molecule has 0 aliphatic heterocycles. The van der Waals surface area contributed by atoms with Gasteiger partial charge in [-0.05, 0) is 24.3 Å². The average Bonchev–Trinajstić information content (AvgIpc) is 3.00. The molecule has 0 fully saturated rings. The number of hydrogen-bond donors (Lipinski definition) is 2. The van der Waals surface area contributed by atoms with E-state index < -0.39 is 0 Å². The minimum atomic E-state index is -0.358. The molecule has 20 heavy (non-hydrogen) atoms. The third-order valence-corrected chi connectivity index (χ3v) is 3.52. The molecule has 1 heterocycles. The number of nitrogens with one attached hydrogen (secondary N) is 1. The molecule has 3 N–H and O–H groups in total. The SMILES string of the molecule is NNC(=O)c1ccccc1OCCSCc1ccco1. The third-order valence-electron chi connectivity index (χ3n) is 2.57. The highest BCUT2D eigenvalue weighted by atomic mass is 32.2. The molecule has 2 rings (SSSR count). The van der Waals surface area contributed by atoms with Gasteiger partial charge in [0.1, 0.15) is 11.5 Å². The molecule has 0 saturated carbocycles. The van der Waals surface area contributed by atoms with Crippen molar-refractivity contribution in [2.24, 2.45) is 5.84 Å². The second-order valence-electron chi connectivity index (χ2n) is 3.95. The molecule has 0 saturated heterocycles. The number of carbonyl (C=O) groups excluding carboxylic acids is 1. The zero-order chi connectivity index (χ0) is 14.2. The molecule has 106 valence electrons. The molecule has 0 unspecified atom stereocenters. The second kappa shape index (κ2) is 7.62. The Kier molecular flexibility index (Phi) is 5.52. The van der Waals surface area contributed by atoms with Crippen LogP contribution < -0.4 is 16.0 Å². The largest absolute Gasteiger partial charge is 0.492 e. The maximum Gasteiger partial charge on any atom is 0.268 e. The number of hydrazine groups is 1. The van der Waals surface area contributed by atoms with E-state index in [1.165, 1.54) is 0 Å². The van der Waals surface area contributed by atoms with Gasteiger partial charge in [-0.1, -0.05) is 12.1 Å². The van der Waals surface area contributed by atoms with Crippen LogP contribution in [0.3, 0.4) is 0 Å². The van der Waals surface area contributed by atoms with Gasteiger partial charge in [-0.25, -0.2) is 5.84 Å². The lowest BCUT2D eigenvalue weighted by Gasteiger charge is -2.09. The number of rotatable bonds is 7. The third kappa shape index (κ3) is 4.04. The molecule has 1 amide bonds. The van der Waals surface area contributed by atoms with Crippen molar-refractivity contribution in [3.05, 3.63) is 54.0 Å². The average molecular weight is 292 g/mol. The first-order chi connectivity index (χ1) is 9.81. The Bertz CT molecular complexity index is 543. The molecule has 1 aromatic carbocycles. The number of hydrogen-bond acceptors (Lipinski definition) is 5. The van der Waals surface area contributed by atoms with E-state index >= 15 is 0 Å². The first-order valence-electron chi connectivity index (χ1n) is 6.14. The molecule has 5 nitrogen and oxygen atoms in total. The van der Waals surface area contributed by atoms with Crippen molar-refractivity contribution < 1.29 is 13.9 Å². The highest BCUT2D eigenvalue weighted by Crippen LogP contribution is 2.18. The van der Waals surface area contributed by atoms with E-state index in [2.05, 4.69) is 5.43 Å². The maximum atomic E-state index is 11.5. The number of amides is 1. The number of ether oxygens (including phenoxy) is 1. The second-order valence-corrected chi connectivity index (χ2v) is 5.06. The van der Waals surface area contributed by atoms with Crippen LogP contribution in [0.1, 0.15) is 16.1 Å². The molecule has 0 radical (unpaired) electrons. The van der Waals surface area contributed by atoms with E-state index in [-0.39, 0.29) is 5.91 Å². The van der Waals surface area contributed by atoms with E-state index in [1.54, 1.807) is 36.2 Å². The summed E-state index contributed by atoms with van der Waals surface area (Å²) in [5.74, 6) is 7.87. The molecule has 0 bridgehead atoms. The standard InChI is InChI=1S/C14H16N2O3S/c15-16-14(17)12-5-1-2-6-13(12)19-8-9-20-10-11-4-3-7-18-11/h1-7H,8-10,15H2,(H,16,17). The summed E-state index contributed by atoms with van der Waals surface area (Å²) in [7, 11) is 0. The van der Waals surface area contributed by atoms with Gasteiger partial charge in [0.15, 0.2) is 0 Å². The van der Waals surface area contributed by atoms with Crippen molar-refractivity contribution in [2.75, 3.05) is 12.4 Å². The molecular formula is C14H16N2O3S. The number of thioether (sulfide) groups is 1. The van der Waals surface area contributed by atoms with Gasteiger partial charge in [0.25, 0.3) is 5.91 Å². The Morgan fingerprint density at radius 2 is 2.15 bits per heavy atom. The quantitative estimate of drug-likeness (QED) is 0.354. The lowest BCUT2D eigenvalue weighted by Crippen LogP contribution is -2.30. The smallest absolute Gasteiger partial charge is 0.268 e. The number of furan rings is 1. The van der Waals surface area contributed by atoms with E-state index in [9.17, 15) is 4.79 Å². The Balaban J connectivity index is 1.78. The Morgan fingerprint density at radius 1 is 1.30 bits per heavy atom. The highest BCUT2D eigenvalue weighted by Gasteiger charge is 2.10. The molecular weight excluding hydrogens is 276 g/mol. The summed E-state index contributed by atoms with van der Waals surface area (Å²) in [4.78, 5) is 11.5. The van der Waals surface area contributed by atoms with Crippen LogP contribution in [-0.2, 0) is 5.75 Å². The molecule has 0 spiro atoms. The Morgan fingerprint density at radius 3 is 2.90 bits per heavy atom. The lowest BCUT2D eigenvalue weighted by molar-refractivity contribution is 0.0950. The van der Waals surface area contributed by atoms with Crippen molar-refractivity contribution in [3.8, 4) is 5.75 Å². The van der Waals surface area contributed by atoms with Gasteiger partial charge in [-0.2, -0.15) is 11.8 Å². The normalized spacial score (nSPS) is 10.2. The molecule has 6 heteroatoms. The predicted molar refractivity (Wildman–Crippen MR) is 78.5 cm³/mol. The zero-order valence-corrected chi connectivity index (χ0v) is 11.7. The number of para-hydroxylation sites is 1. The first-order valence-corrected chi connectivity index (χ1v) is 7.29. The van der Waals surface area contributed by atoms with Gasteiger partial charge >= 0.3 is 0 Å². The van der Waals surface area contributed by atoms with E-state index in [1.807, 2.05) is 18.2 Å². The van der Waals surface area contributed by atoms with Gasteiger partial charge in [-0.15, -0.1) is 0 Å². The van der Waals surface area contributed by atoms with Crippen LogP contribution in [0.4, 0.5) is 0 Å². The molecule has 0 aliphatic carbocycles. The molecule has 2 aromatic rings. The molecule has 0 atom stereocenters. The summed E-state index contributed by atoms with van der Waals surface area (Å²) in [5.41, 5.74) is 2.54. The number of carbonyl (C=O) groups is 1. The van der Waals surface area contributed by atoms with Gasteiger partial charge in [0.2, 0.25) is 0 Å². The van der Waals surface area contributed by atoms with Crippen molar-refractivity contribution in [1.29, 1.82) is 0 Å². The van der Waals surface area contributed by atoms with Crippen LogP contribution in [0.15, 0.2) is 47.1 Å². The van der Waals surface area contributed by atoms with Gasteiger partial charge in [0.05, 0.1) is 24.2 Å². The van der Waals surface area contributed by atoms with Crippen LogP contribution in [0.2, 0.25) is 0 Å². The fourth-order valence-corrected chi connectivity index (χ4v) is 2.35. The van der Waals surface area contributed by atoms with Gasteiger partial charge < -0.3 is 9.15 Å². The van der Waals surface area contributed by atoms with E-state index in [4.69, 9.17) is 15.0 Å². The summed E-state index contributed by atoms with van der Waals surface area (Å²) in [5, 5.41) is 0. The fourth-order valence-electron chi connectivity index (χ4n) is 1.64. The predicted octanol–water partition coefficient (Wildman–Crippen LogP) is 2.20. The number of nitrogens with two attached hydrogens (primary N) is 1. The summed E-state index contributed by atoms with van der Waals surface area (Å²) in [6, 6.07) is 10.8. The summed E-state index contributed by atoms with van der Waals surface area (Å²) < 4.78 is 10.8. The van der Waals surface area contributed by atoms with Crippen LogP contribution in [0.25, 0.3) is 0 Å². The monoisotopic (exact) mass is 292 g/mol. The fraction of sp³-hybridized carbons (Fsp3) is 0.214. The van der Waals surface area contributed by atoms with Crippen LogP contribution >= 0.6 is 11.8 Å².